The molecule has 1 atom stereocenters. The van der Waals surface area contributed by atoms with E-state index in [2.05, 4.69) is 0 Å². The first-order valence-electron chi connectivity index (χ1n) is 6.77. The minimum Gasteiger partial charge on any atom is -0.478 e. The monoisotopic (exact) mass is 339 g/mol. The number of carboxylic acid groups (broad SMARTS) is 1. The van der Waals surface area contributed by atoms with Crippen LogP contribution in [0.2, 0.25) is 0 Å². The number of aliphatic carboxylic acids is 1. The zero-order valence-corrected chi connectivity index (χ0v) is 12.2. The molecule has 0 bridgehead atoms. The number of halogens is 3. The number of hydrogen-bond acceptors (Lipinski definition) is 3. The summed E-state index contributed by atoms with van der Waals surface area (Å²) in [5, 5.41) is 19.3. The lowest BCUT2D eigenvalue weighted by Crippen LogP contribution is -2.41. The van der Waals surface area contributed by atoms with Gasteiger partial charge in [-0.25, -0.2) is 4.79 Å². The minimum absolute atomic E-state index is 0.147. The van der Waals surface area contributed by atoms with Gasteiger partial charge in [-0.1, -0.05) is 36.4 Å². The first-order valence-corrected chi connectivity index (χ1v) is 6.77. The first kappa shape index (κ1) is 17.5. The lowest BCUT2D eigenvalue weighted by atomic mass is 9.72. The van der Waals surface area contributed by atoms with Gasteiger partial charge in [-0.3, -0.25) is 10.1 Å². The van der Waals surface area contributed by atoms with E-state index in [9.17, 15) is 28.1 Å². The van der Waals surface area contributed by atoms with E-state index < -0.39 is 28.9 Å². The van der Waals surface area contributed by atoms with Gasteiger partial charge in [0.25, 0.3) is 5.69 Å². The Balaban J connectivity index is 2.46. The van der Waals surface area contributed by atoms with E-state index in [1.54, 1.807) is 0 Å². The quantitative estimate of drug-likeness (QED) is 0.512. The van der Waals surface area contributed by atoms with E-state index in [4.69, 9.17) is 5.11 Å². The molecule has 0 saturated heterocycles. The molecule has 1 aliphatic rings. The van der Waals surface area contributed by atoms with Crippen molar-refractivity contribution < 1.29 is 28.0 Å². The van der Waals surface area contributed by atoms with Crippen molar-refractivity contribution >= 4 is 11.7 Å². The largest absolute Gasteiger partial charge is 0.478 e. The van der Waals surface area contributed by atoms with Gasteiger partial charge in [0.05, 0.1) is 4.92 Å². The van der Waals surface area contributed by atoms with Crippen LogP contribution in [0.5, 0.6) is 0 Å². The molecule has 0 amide bonds. The van der Waals surface area contributed by atoms with E-state index in [1.807, 2.05) is 0 Å². The molecule has 0 radical (unpaired) electrons. The Kier molecular flexibility index (Phi) is 4.59. The summed E-state index contributed by atoms with van der Waals surface area (Å²) < 4.78 is 41.3. The minimum atomic E-state index is -4.66. The van der Waals surface area contributed by atoms with Crippen LogP contribution in [0.1, 0.15) is 12.0 Å². The molecule has 0 spiro atoms. The Morgan fingerprint density at radius 2 is 1.92 bits per heavy atom. The molecule has 1 aromatic carbocycles. The van der Waals surface area contributed by atoms with Gasteiger partial charge in [0, 0.05) is 18.2 Å². The van der Waals surface area contributed by atoms with Crippen molar-refractivity contribution in [3.05, 3.63) is 75.9 Å². The Morgan fingerprint density at radius 1 is 1.29 bits per heavy atom. The Hall–Kier alpha value is -2.90. The normalized spacial score (nSPS) is 20.9. The summed E-state index contributed by atoms with van der Waals surface area (Å²) in [7, 11) is 0. The van der Waals surface area contributed by atoms with Crippen LogP contribution in [-0.4, -0.2) is 22.2 Å². The van der Waals surface area contributed by atoms with Crippen LogP contribution >= 0.6 is 0 Å². The van der Waals surface area contributed by atoms with E-state index in [0.29, 0.717) is 0 Å². The molecule has 8 heteroatoms. The highest BCUT2D eigenvalue weighted by atomic mass is 19.4. The third-order valence-electron chi connectivity index (χ3n) is 3.71. The fourth-order valence-corrected chi connectivity index (χ4v) is 2.51. The third-order valence-corrected chi connectivity index (χ3v) is 3.71. The second kappa shape index (κ2) is 6.31. The molecular weight excluding hydrogens is 327 g/mol. The summed E-state index contributed by atoms with van der Waals surface area (Å²) >= 11 is 0. The maximum absolute atomic E-state index is 13.8. The molecule has 0 heterocycles. The predicted octanol–water partition coefficient (Wildman–Crippen LogP) is 3.92. The smallest absolute Gasteiger partial charge is 0.402 e. The molecule has 0 saturated carbocycles. The molecule has 1 unspecified atom stereocenters. The zero-order chi connectivity index (χ0) is 18.0. The summed E-state index contributed by atoms with van der Waals surface area (Å²) in [5.74, 6) is -1.27. The molecule has 0 aromatic heterocycles. The summed E-state index contributed by atoms with van der Waals surface area (Å²) in [6.45, 7) is 0. The standard InChI is InChI=1S/C16H12F3NO4/c17-16(18,19)15(12-4-6-13(7-5-12)20(23)24)9-1-2-11(10-15)3-8-14(21)22/h1-9H,10H2,(H,21,22). The highest BCUT2D eigenvalue weighted by Crippen LogP contribution is 2.48. The van der Waals surface area contributed by atoms with Gasteiger partial charge in [-0.15, -0.1) is 0 Å². The molecule has 1 aliphatic carbocycles. The molecule has 126 valence electrons. The second-order valence-electron chi connectivity index (χ2n) is 5.22. The molecular formula is C16H12F3NO4. The van der Waals surface area contributed by atoms with Crippen molar-refractivity contribution in [1.29, 1.82) is 0 Å². The predicted molar refractivity (Wildman–Crippen MR) is 79.4 cm³/mol. The number of allylic oxidation sites excluding steroid dienone is 5. The third kappa shape index (κ3) is 3.37. The fraction of sp³-hybridized carbons (Fsp3) is 0.188. The van der Waals surface area contributed by atoms with Gasteiger partial charge < -0.3 is 5.11 Å². The van der Waals surface area contributed by atoms with E-state index in [0.717, 1.165) is 42.5 Å². The Morgan fingerprint density at radius 3 is 2.42 bits per heavy atom. The van der Waals surface area contributed by atoms with Gasteiger partial charge in [0.2, 0.25) is 0 Å². The van der Waals surface area contributed by atoms with Gasteiger partial charge in [-0.2, -0.15) is 13.2 Å². The van der Waals surface area contributed by atoms with Gasteiger partial charge in [0.15, 0.2) is 0 Å². The number of hydrogen-bond donors (Lipinski definition) is 1. The number of non-ortho nitro benzene ring substituents is 1. The summed E-state index contributed by atoms with van der Waals surface area (Å²) in [6, 6.07) is 4.17. The van der Waals surface area contributed by atoms with Crippen LogP contribution in [0.4, 0.5) is 18.9 Å². The number of nitro benzene ring substituents is 1. The fourth-order valence-electron chi connectivity index (χ4n) is 2.51. The lowest BCUT2D eigenvalue weighted by molar-refractivity contribution is -0.384. The van der Waals surface area contributed by atoms with Crippen molar-refractivity contribution in [1.82, 2.24) is 0 Å². The molecule has 24 heavy (non-hydrogen) atoms. The van der Waals surface area contributed by atoms with Gasteiger partial charge in [-0.05, 0) is 17.6 Å². The van der Waals surface area contributed by atoms with Crippen LogP contribution in [0, 0.1) is 10.1 Å². The summed E-state index contributed by atoms with van der Waals surface area (Å²) in [4.78, 5) is 20.5. The van der Waals surface area contributed by atoms with Crippen molar-refractivity contribution in [2.45, 2.75) is 18.0 Å². The molecule has 0 fully saturated rings. The van der Waals surface area contributed by atoms with Gasteiger partial charge in [0.1, 0.15) is 5.41 Å². The van der Waals surface area contributed by atoms with Crippen LogP contribution in [0.3, 0.4) is 0 Å². The number of nitrogens with zero attached hydrogens (tertiary/aromatic N) is 1. The van der Waals surface area contributed by atoms with Crippen molar-refractivity contribution in [2.24, 2.45) is 0 Å². The van der Waals surface area contributed by atoms with Crippen LogP contribution < -0.4 is 0 Å². The molecule has 5 nitrogen and oxygen atoms in total. The molecule has 0 aliphatic heterocycles. The average Bonchev–Trinajstić information content (AvgIpc) is 2.52. The number of benzene rings is 1. The number of carbonyl (C=O) groups is 1. The number of carboxylic acids is 1. The van der Waals surface area contributed by atoms with Crippen molar-refractivity contribution in [3.63, 3.8) is 0 Å². The van der Waals surface area contributed by atoms with Crippen LogP contribution in [-0.2, 0) is 10.2 Å². The Bertz CT molecular complexity index is 748. The maximum atomic E-state index is 13.8. The van der Waals surface area contributed by atoms with E-state index in [-0.39, 0.29) is 16.8 Å². The highest BCUT2D eigenvalue weighted by molar-refractivity contribution is 5.80. The number of rotatable bonds is 4. The Labute approximate surface area is 134 Å². The molecule has 1 aromatic rings. The van der Waals surface area contributed by atoms with E-state index >= 15 is 0 Å². The van der Waals surface area contributed by atoms with Crippen molar-refractivity contribution in [2.75, 3.05) is 0 Å². The van der Waals surface area contributed by atoms with Crippen LogP contribution in [0.25, 0.3) is 0 Å². The second-order valence-corrected chi connectivity index (χ2v) is 5.22. The van der Waals surface area contributed by atoms with Crippen molar-refractivity contribution in [3.8, 4) is 0 Å². The van der Waals surface area contributed by atoms with Crippen LogP contribution in [0.15, 0.2) is 60.2 Å². The van der Waals surface area contributed by atoms with E-state index in [1.165, 1.54) is 12.2 Å². The summed E-state index contributed by atoms with van der Waals surface area (Å²) in [5.41, 5.74) is -2.63. The SMILES string of the molecule is O=C(O)C=CC1=CC=CC(c2ccc([N+](=O)[O-])cc2)(C(F)(F)F)C1. The summed E-state index contributed by atoms with van der Waals surface area (Å²) in [6.07, 6.45) is 0.311. The molecule has 1 N–H and O–H groups in total. The highest BCUT2D eigenvalue weighted by Gasteiger charge is 2.54. The number of nitro groups is 1. The first-order chi connectivity index (χ1) is 11.2. The number of alkyl halides is 3. The molecule has 2 rings (SSSR count). The topological polar surface area (TPSA) is 80.4 Å². The average molecular weight is 339 g/mol. The lowest BCUT2D eigenvalue weighted by Gasteiger charge is -2.35. The van der Waals surface area contributed by atoms with Gasteiger partial charge >= 0.3 is 12.1 Å². The zero-order valence-electron chi connectivity index (χ0n) is 12.2. The maximum Gasteiger partial charge on any atom is 0.402 e.